The zero-order valence-corrected chi connectivity index (χ0v) is 16.3. The molecule has 0 fully saturated rings. The van der Waals surface area contributed by atoms with Crippen molar-refractivity contribution in [2.75, 3.05) is 6.61 Å². The molecule has 0 unspecified atom stereocenters. The van der Waals surface area contributed by atoms with Gasteiger partial charge in [-0.25, -0.2) is 9.59 Å². The number of ether oxygens (including phenoxy) is 1. The quantitative estimate of drug-likeness (QED) is 0.299. The number of fused-ring (bicyclic) bond motifs is 3. The average Bonchev–Trinajstić information content (AvgIpc) is 2.70. The minimum absolute atomic E-state index is 0.0213. The summed E-state index contributed by atoms with van der Waals surface area (Å²) in [6, 6.07) is 15.9. The number of benzene rings is 3. The maximum absolute atomic E-state index is 11.3. The molecule has 1 N–H and O–H groups in total. The molecular formula is C25H20O4. The fourth-order valence-corrected chi connectivity index (χ4v) is 2.93. The van der Waals surface area contributed by atoms with E-state index in [0.717, 1.165) is 32.7 Å². The molecule has 0 saturated carbocycles. The van der Waals surface area contributed by atoms with Gasteiger partial charge in [0.1, 0.15) is 0 Å². The lowest BCUT2D eigenvalue weighted by molar-refractivity contribution is -0.137. The molecule has 144 valence electrons. The molecule has 29 heavy (non-hydrogen) atoms. The van der Waals surface area contributed by atoms with Gasteiger partial charge in [-0.1, -0.05) is 48.8 Å². The zero-order valence-electron chi connectivity index (χ0n) is 16.3. The maximum atomic E-state index is 11.3. The Bertz CT molecular complexity index is 1240. The lowest BCUT2D eigenvalue weighted by atomic mass is 9.98. The Labute approximate surface area is 169 Å². The second-order valence-corrected chi connectivity index (χ2v) is 6.77. The molecule has 0 radical (unpaired) electrons. The van der Waals surface area contributed by atoms with Crippen LogP contribution in [0.3, 0.4) is 0 Å². The van der Waals surface area contributed by atoms with E-state index in [1.165, 1.54) is 0 Å². The molecule has 3 aromatic carbocycles. The van der Waals surface area contributed by atoms with Gasteiger partial charge in [0.05, 0.1) is 0 Å². The Morgan fingerprint density at radius 1 is 1.03 bits per heavy atom. The monoisotopic (exact) mass is 384 g/mol. The van der Waals surface area contributed by atoms with Crippen LogP contribution in [-0.2, 0) is 14.3 Å². The number of aliphatic carboxylic acids is 1. The highest BCUT2D eigenvalue weighted by Crippen LogP contribution is 2.27. The SMILES string of the molecule is C=C(C)C(=O)OCC#Cc1ccc2c(ccc3cc(C=C(C)C(=O)O)ccc32)c1. The molecule has 4 nitrogen and oxygen atoms in total. The number of esters is 1. The van der Waals surface area contributed by atoms with Crippen LogP contribution < -0.4 is 0 Å². The van der Waals surface area contributed by atoms with E-state index in [1.807, 2.05) is 48.5 Å². The molecule has 0 aromatic heterocycles. The summed E-state index contributed by atoms with van der Waals surface area (Å²) in [4.78, 5) is 22.4. The third-order valence-corrected chi connectivity index (χ3v) is 4.44. The summed E-state index contributed by atoms with van der Waals surface area (Å²) in [6.07, 6.45) is 1.66. The number of carbonyl (C=O) groups excluding carboxylic acids is 1. The Hall–Kier alpha value is -3.84. The van der Waals surface area contributed by atoms with Gasteiger partial charge in [0.2, 0.25) is 0 Å². The standard InChI is InChI=1S/C25H20O4/c1-16(2)25(28)29-12-4-5-18-6-10-22-20(14-18)8-9-21-15-19(7-11-23(21)22)13-17(3)24(26)27/h6-11,13-15H,1,12H2,2-3H3,(H,26,27). The highest BCUT2D eigenvalue weighted by molar-refractivity contribution is 6.08. The van der Waals surface area contributed by atoms with Crippen molar-refractivity contribution < 1.29 is 19.4 Å². The fourth-order valence-electron chi connectivity index (χ4n) is 2.93. The first-order valence-electron chi connectivity index (χ1n) is 9.05. The minimum Gasteiger partial charge on any atom is -0.478 e. The first kappa shape index (κ1) is 19.9. The number of carbonyl (C=O) groups is 2. The third-order valence-electron chi connectivity index (χ3n) is 4.44. The van der Waals surface area contributed by atoms with Crippen molar-refractivity contribution in [3.63, 3.8) is 0 Å². The average molecular weight is 384 g/mol. The van der Waals surface area contributed by atoms with Gasteiger partial charge in [-0.15, -0.1) is 0 Å². The van der Waals surface area contributed by atoms with Crippen LogP contribution in [0.2, 0.25) is 0 Å². The molecule has 3 rings (SSSR count). The molecule has 0 atom stereocenters. The molecule has 3 aromatic rings. The van der Waals surface area contributed by atoms with Gasteiger partial charge in [0.15, 0.2) is 6.61 Å². The van der Waals surface area contributed by atoms with Crippen LogP contribution in [0, 0.1) is 11.8 Å². The van der Waals surface area contributed by atoms with Gasteiger partial charge in [-0.3, -0.25) is 0 Å². The molecule has 0 aliphatic rings. The van der Waals surface area contributed by atoms with Crippen molar-refractivity contribution in [1.82, 2.24) is 0 Å². The fraction of sp³-hybridized carbons (Fsp3) is 0.120. The van der Waals surface area contributed by atoms with Crippen molar-refractivity contribution in [2.24, 2.45) is 0 Å². The van der Waals surface area contributed by atoms with Gasteiger partial charge in [-0.2, -0.15) is 0 Å². The molecule has 0 amide bonds. The van der Waals surface area contributed by atoms with Crippen molar-refractivity contribution in [1.29, 1.82) is 0 Å². The molecule has 0 saturated heterocycles. The van der Waals surface area contributed by atoms with Crippen molar-refractivity contribution in [3.05, 3.63) is 77.4 Å². The minimum atomic E-state index is -0.924. The summed E-state index contributed by atoms with van der Waals surface area (Å²) in [7, 11) is 0. The van der Waals surface area contributed by atoms with Gasteiger partial charge < -0.3 is 9.84 Å². The Morgan fingerprint density at radius 3 is 2.34 bits per heavy atom. The van der Waals surface area contributed by atoms with Crippen LogP contribution in [0.4, 0.5) is 0 Å². The lowest BCUT2D eigenvalue weighted by Crippen LogP contribution is -2.04. The summed E-state index contributed by atoms with van der Waals surface area (Å²) in [6.45, 7) is 6.72. The van der Waals surface area contributed by atoms with Crippen LogP contribution >= 0.6 is 0 Å². The molecule has 0 heterocycles. The Kier molecular flexibility index (Phi) is 5.80. The van der Waals surface area contributed by atoms with E-state index in [-0.39, 0.29) is 6.61 Å². The van der Waals surface area contributed by atoms with Crippen LogP contribution in [0.25, 0.3) is 27.6 Å². The molecule has 0 bridgehead atoms. The van der Waals surface area contributed by atoms with E-state index >= 15 is 0 Å². The summed E-state index contributed by atoms with van der Waals surface area (Å²) in [5, 5.41) is 13.3. The van der Waals surface area contributed by atoms with E-state index in [4.69, 9.17) is 9.84 Å². The molecule has 4 heteroatoms. The zero-order chi connectivity index (χ0) is 21.0. The molecular weight excluding hydrogens is 364 g/mol. The smallest absolute Gasteiger partial charge is 0.334 e. The summed E-state index contributed by atoms with van der Waals surface area (Å²) in [5.74, 6) is 4.46. The van der Waals surface area contributed by atoms with E-state index in [9.17, 15) is 9.59 Å². The topological polar surface area (TPSA) is 63.6 Å². The maximum Gasteiger partial charge on any atom is 0.334 e. The predicted molar refractivity (Wildman–Crippen MR) is 115 cm³/mol. The number of hydrogen-bond donors (Lipinski definition) is 1. The van der Waals surface area contributed by atoms with Crippen molar-refractivity contribution in [3.8, 4) is 11.8 Å². The summed E-state index contributed by atoms with van der Waals surface area (Å²) < 4.78 is 4.97. The predicted octanol–water partition coefficient (Wildman–Crippen LogP) is 4.95. The Balaban J connectivity index is 1.88. The van der Waals surface area contributed by atoms with Gasteiger partial charge >= 0.3 is 11.9 Å². The van der Waals surface area contributed by atoms with Gasteiger partial charge in [0.25, 0.3) is 0 Å². The van der Waals surface area contributed by atoms with E-state index < -0.39 is 11.9 Å². The van der Waals surface area contributed by atoms with Gasteiger partial charge in [-0.05, 0) is 65.2 Å². The van der Waals surface area contributed by atoms with Crippen molar-refractivity contribution >= 4 is 39.6 Å². The number of carboxylic acid groups (broad SMARTS) is 1. The first-order chi connectivity index (χ1) is 13.8. The van der Waals surface area contributed by atoms with Crippen LogP contribution in [0.1, 0.15) is 25.0 Å². The number of carboxylic acids is 1. The Morgan fingerprint density at radius 2 is 1.69 bits per heavy atom. The lowest BCUT2D eigenvalue weighted by Gasteiger charge is -2.06. The third kappa shape index (κ3) is 4.72. The van der Waals surface area contributed by atoms with E-state index in [2.05, 4.69) is 18.4 Å². The largest absolute Gasteiger partial charge is 0.478 e. The highest BCUT2D eigenvalue weighted by atomic mass is 16.5. The molecule has 0 aliphatic heterocycles. The van der Waals surface area contributed by atoms with E-state index in [0.29, 0.717) is 11.1 Å². The van der Waals surface area contributed by atoms with Crippen LogP contribution in [-0.4, -0.2) is 23.7 Å². The second kappa shape index (κ2) is 8.45. The summed E-state index contributed by atoms with van der Waals surface area (Å²) in [5.41, 5.74) is 2.33. The van der Waals surface area contributed by atoms with Crippen LogP contribution in [0.15, 0.2) is 66.3 Å². The first-order valence-corrected chi connectivity index (χ1v) is 9.05. The van der Waals surface area contributed by atoms with Crippen molar-refractivity contribution in [2.45, 2.75) is 13.8 Å². The molecule has 0 spiro atoms. The van der Waals surface area contributed by atoms with Gasteiger partial charge in [0, 0.05) is 16.7 Å². The van der Waals surface area contributed by atoms with E-state index in [1.54, 1.807) is 19.9 Å². The van der Waals surface area contributed by atoms with Crippen LogP contribution in [0.5, 0.6) is 0 Å². The molecule has 0 aliphatic carbocycles. The number of hydrogen-bond acceptors (Lipinski definition) is 3. The highest BCUT2D eigenvalue weighted by Gasteiger charge is 2.04. The normalized spacial score (nSPS) is 11.0. The summed E-state index contributed by atoms with van der Waals surface area (Å²) >= 11 is 0. The second-order valence-electron chi connectivity index (χ2n) is 6.77. The number of rotatable bonds is 4.